The molecule has 0 aliphatic carbocycles. The summed E-state index contributed by atoms with van der Waals surface area (Å²) in [4.78, 5) is 12.7. The molecule has 0 unspecified atom stereocenters. The molecule has 1 fully saturated rings. The minimum atomic E-state index is -0.215. The van der Waals surface area contributed by atoms with Gasteiger partial charge in [0.1, 0.15) is 0 Å². The van der Waals surface area contributed by atoms with E-state index in [1.807, 2.05) is 18.2 Å². The van der Waals surface area contributed by atoms with Gasteiger partial charge in [0.15, 0.2) is 11.5 Å². The monoisotopic (exact) mass is 451 g/mol. The number of halogens is 2. The fourth-order valence-corrected chi connectivity index (χ4v) is 4.14. The molecule has 4 rings (SSSR count). The molecule has 1 amide bonds. The summed E-state index contributed by atoms with van der Waals surface area (Å²) >= 11 is 9.58. The number of rotatable bonds is 4. The van der Waals surface area contributed by atoms with Crippen LogP contribution in [-0.2, 0) is 10.2 Å². The molecule has 2 aromatic rings. The molecule has 1 N–H and O–H groups in total. The summed E-state index contributed by atoms with van der Waals surface area (Å²) in [6.07, 6.45) is 1.64. The predicted molar refractivity (Wildman–Crippen MR) is 106 cm³/mol. The van der Waals surface area contributed by atoms with Gasteiger partial charge >= 0.3 is 0 Å². The van der Waals surface area contributed by atoms with Crippen LogP contribution in [0.15, 0.2) is 40.9 Å². The molecular weight excluding hydrogens is 434 g/mol. The molecule has 0 radical (unpaired) electrons. The van der Waals surface area contributed by atoms with E-state index in [4.69, 9.17) is 25.8 Å². The van der Waals surface area contributed by atoms with Crippen molar-refractivity contribution >= 4 is 33.4 Å². The maximum atomic E-state index is 12.7. The molecule has 0 bridgehead atoms. The summed E-state index contributed by atoms with van der Waals surface area (Å²) in [6, 6.07) is 11.3. The highest BCUT2D eigenvalue weighted by Crippen LogP contribution is 2.40. The first-order chi connectivity index (χ1) is 13.1. The van der Waals surface area contributed by atoms with E-state index in [2.05, 4.69) is 27.3 Å². The van der Waals surface area contributed by atoms with Crippen LogP contribution in [0.1, 0.15) is 28.8 Å². The lowest BCUT2D eigenvalue weighted by Gasteiger charge is -2.38. The molecule has 2 aliphatic rings. The lowest BCUT2D eigenvalue weighted by atomic mass is 9.74. The molecule has 2 aromatic carbocycles. The number of benzene rings is 2. The molecule has 2 aliphatic heterocycles. The van der Waals surface area contributed by atoms with Crippen molar-refractivity contribution in [3.05, 3.63) is 57.0 Å². The van der Waals surface area contributed by atoms with E-state index in [0.29, 0.717) is 30.3 Å². The van der Waals surface area contributed by atoms with E-state index in [-0.39, 0.29) is 18.1 Å². The van der Waals surface area contributed by atoms with Crippen molar-refractivity contribution in [3.63, 3.8) is 0 Å². The minimum Gasteiger partial charge on any atom is -0.454 e. The smallest absolute Gasteiger partial charge is 0.252 e. The van der Waals surface area contributed by atoms with Crippen LogP contribution in [0.2, 0.25) is 5.02 Å². The Bertz CT molecular complexity index is 867. The van der Waals surface area contributed by atoms with Gasteiger partial charge in [-0.2, -0.15) is 0 Å². The molecule has 0 saturated carbocycles. The number of hydrogen-bond donors (Lipinski definition) is 1. The van der Waals surface area contributed by atoms with E-state index < -0.39 is 0 Å². The Kier molecular flexibility index (Phi) is 5.30. The first-order valence-corrected chi connectivity index (χ1v) is 9.96. The highest BCUT2D eigenvalue weighted by atomic mass is 79.9. The summed E-state index contributed by atoms with van der Waals surface area (Å²) in [6.45, 7) is 2.05. The Morgan fingerprint density at radius 3 is 2.70 bits per heavy atom. The number of hydrogen-bond acceptors (Lipinski definition) is 4. The summed E-state index contributed by atoms with van der Waals surface area (Å²) in [5.41, 5.74) is 1.36. The lowest BCUT2D eigenvalue weighted by Crippen LogP contribution is -2.44. The zero-order valence-corrected chi connectivity index (χ0v) is 16.9. The van der Waals surface area contributed by atoms with E-state index in [1.54, 1.807) is 12.1 Å². The Balaban J connectivity index is 1.57. The van der Waals surface area contributed by atoms with Crippen molar-refractivity contribution in [2.24, 2.45) is 0 Å². The quantitative estimate of drug-likeness (QED) is 0.751. The van der Waals surface area contributed by atoms with Gasteiger partial charge in [0.25, 0.3) is 5.91 Å². The zero-order valence-electron chi connectivity index (χ0n) is 14.6. The van der Waals surface area contributed by atoms with Gasteiger partial charge in [-0.1, -0.05) is 33.6 Å². The average Bonchev–Trinajstić information content (AvgIpc) is 3.16. The van der Waals surface area contributed by atoms with Crippen LogP contribution in [0, 0.1) is 0 Å². The van der Waals surface area contributed by atoms with Gasteiger partial charge in [0.05, 0.1) is 10.6 Å². The van der Waals surface area contributed by atoms with E-state index in [1.165, 1.54) is 0 Å². The number of ether oxygens (including phenoxy) is 3. The zero-order chi connectivity index (χ0) is 18.9. The van der Waals surface area contributed by atoms with Crippen LogP contribution in [0.3, 0.4) is 0 Å². The van der Waals surface area contributed by atoms with Crippen LogP contribution in [0.25, 0.3) is 0 Å². The topological polar surface area (TPSA) is 56.8 Å². The van der Waals surface area contributed by atoms with Crippen LogP contribution in [-0.4, -0.2) is 32.5 Å². The second kappa shape index (κ2) is 7.70. The van der Waals surface area contributed by atoms with Crippen LogP contribution in [0.5, 0.6) is 11.5 Å². The van der Waals surface area contributed by atoms with Gasteiger partial charge in [-0.3, -0.25) is 4.79 Å². The fourth-order valence-electron chi connectivity index (χ4n) is 3.57. The third-order valence-corrected chi connectivity index (χ3v) is 6.02. The SMILES string of the molecule is O=C(NCC1(c2ccc3c(c2)OCO3)CCOCC1)c1cc(Br)ccc1Cl. The van der Waals surface area contributed by atoms with Crippen molar-refractivity contribution < 1.29 is 19.0 Å². The van der Waals surface area contributed by atoms with Gasteiger partial charge in [0.2, 0.25) is 6.79 Å². The largest absolute Gasteiger partial charge is 0.454 e. The molecule has 142 valence electrons. The van der Waals surface area contributed by atoms with Gasteiger partial charge in [0, 0.05) is 29.6 Å². The van der Waals surface area contributed by atoms with E-state index >= 15 is 0 Å². The van der Waals surface area contributed by atoms with Gasteiger partial charge in [-0.15, -0.1) is 0 Å². The van der Waals surface area contributed by atoms with Crippen molar-refractivity contribution in [2.75, 3.05) is 26.6 Å². The Morgan fingerprint density at radius 1 is 1.11 bits per heavy atom. The second-order valence-corrected chi connectivity index (χ2v) is 8.09. The predicted octanol–water partition coefficient (Wildman–Crippen LogP) is 4.31. The lowest BCUT2D eigenvalue weighted by molar-refractivity contribution is 0.0486. The van der Waals surface area contributed by atoms with Crippen molar-refractivity contribution in [2.45, 2.75) is 18.3 Å². The molecule has 7 heteroatoms. The maximum absolute atomic E-state index is 12.7. The summed E-state index contributed by atoms with van der Waals surface area (Å²) in [7, 11) is 0. The van der Waals surface area contributed by atoms with E-state index in [9.17, 15) is 4.79 Å². The number of carbonyl (C=O) groups excluding carboxylic acids is 1. The van der Waals surface area contributed by atoms with Crippen LogP contribution < -0.4 is 14.8 Å². The molecule has 0 aromatic heterocycles. The Morgan fingerprint density at radius 2 is 1.89 bits per heavy atom. The van der Waals surface area contributed by atoms with Crippen molar-refractivity contribution in [3.8, 4) is 11.5 Å². The fraction of sp³-hybridized carbons (Fsp3) is 0.350. The Hall–Kier alpha value is -1.76. The highest BCUT2D eigenvalue weighted by molar-refractivity contribution is 9.10. The third-order valence-electron chi connectivity index (χ3n) is 5.20. The van der Waals surface area contributed by atoms with Gasteiger partial charge in [-0.05, 0) is 48.7 Å². The summed E-state index contributed by atoms with van der Waals surface area (Å²) in [5.74, 6) is 1.32. The number of amides is 1. The maximum Gasteiger partial charge on any atom is 0.252 e. The number of nitrogens with one attached hydrogen (secondary N) is 1. The average molecular weight is 453 g/mol. The normalized spacial score (nSPS) is 17.6. The van der Waals surface area contributed by atoms with Crippen molar-refractivity contribution in [1.29, 1.82) is 0 Å². The number of fused-ring (bicyclic) bond motifs is 1. The number of carbonyl (C=O) groups is 1. The van der Waals surface area contributed by atoms with Gasteiger partial charge < -0.3 is 19.5 Å². The highest BCUT2D eigenvalue weighted by Gasteiger charge is 2.36. The summed E-state index contributed by atoms with van der Waals surface area (Å²) in [5, 5.41) is 3.50. The molecule has 27 heavy (non-hydrogen) atoms. The van der Waals surface area contributed by atoms with Crippen molar-refractivity contribution in [1.82, 2.24) is 5.32 Å². The molecule has 1 saturated heterocycles. The van der Waals surface area contributed by atoms with Gasteiger partial charge in [-0.25, -0.2) is 0 Å². The standard InChI is InChI=1S/C20H19BrClNO4/c21-14-2-3-16(22)15(10-14)19(24)23-11-20(5-7-25-8-6-20)13-1-4-17-18(9-13)27-12-26-17/h1-4,9-10H,5-8,11-12H2,(H,23,24). The first-order valence-electron chi connectivity index (χ1n) is 8.79. The molecule has 0 spiro atoms. The van der Waals surface area contributed by atoms with Crippen LogP contribution >= 0.6 is 27.5 Å². The molecule has 2 heterocycles. The Labute approximate surface area is 171 Å². The molecular formula is C20H19BrClNO4. The second-order valence-electron chi connectivity index (χ2n) is 6.77. The molecule has 5 nitrogen and oxygen atoms in total. The van der Waals surface area contributed by atoms with E-state index in [0.717, 1.165) is 34.4 Å². The van der Waals surface area contributed by atoms with Crippen LogP contribution in [0.4, 0.5) is 0 Å². The minimum absolute atomic E-state index is 0.187. The first kappa shape index (κ1) is 18.6. The third kappa shape index (κ3) is 3.79. The molecule has 0 atom stereocenters. The summed E-state index contributed by atoms with van der Waals surface area (Å²) < 4.78 is 17.3.